The number of hydrogen-bond acceptors (Lipinski definition) is 6. The number of piperidine rings is 1. The molecule has 30 heavy (non-hydrogen) atoms. The summed E-state index contributed by atoms with van der Waals surface area (Å²) in [6, 6.07) is 4.92. The van der Waals surface area contributed by atoms with Crippen molar-refractivity contribution in [3.63, 3.8) is 0 Å². The van der Waals surface area contributed by atoms with E-state index in [0.717, 1.165) is 17.4 Å². The van der Waals surface area contributed by atoms with E-state index in [4.69, 9.17) is 4.74 Å². The Bertz CT molecular complexity index is 892. The minimum absolute atomic E-state index is 0.173. The molecule has 0 saturated carbocycles. The third-order valence-electron chi connectivity index (χ3n) is 5.10. The van der Waals surface area contributed by atoms with E-state index >= 15 is 0 Å². The van der Waals surface area contributed by atoms with Crippen molar-refractivity contribution in [1.82, 2.24) is 10.2 Å². The first-order chi connectivity index (χ1) is 14.0. The second-order valence-corrected chi connectivity index (χ2v) is 10.1. The van der Waals surface area contributed by atoms with Crippen LogP contribution >= 0.6 is 0 Å². The van der Waals surface area contributed by atoms with Crippen molar-refractivity contribution in [2.45, 2.75) is 39.7 Å². The van der Waals surface area contributed by atoms with Crippen LogP contribution in [-0.4, -0.2) is 68.7 Å². The van der Waals surface area contributed by atoms with E-state index in [-0.39, 0.29) is 24.8 Å². The quantitative estimate of drug-likeness (QED) is 0.649. The zero-order chi connectivity index (χ0) is 22.5. The molecule has 1 saturated heterocycles. The van der Waals surface area contributed by atoms with E-state index in [0.29, 0.717) is 25.1 Å². The lowest BCUT2D eigenvalue weighted by Gasteiger charge is -2.33. The molecule has 1 aliphatic rings. The summed E-state index contributed by atoms with van der Waals surface area (Å²) in [5, 5.41) is 2.63. The molecule has 2 atom stereocenters. The monoisotopic (exact) mass is 438 g/mol. The van der Waals surface area contributed by atoms with E-state index in [9.17, 15) is 22.8 Å². The summed E-state index contributed by atoms with van der Waals surface area (Å²) in [6.45, 7) is 5.81. The van der Waals surface area contributed by atoms with Gasteiger partial charge >= 0.3 is 0 Å². The fourth-order valence-electron chi connectivity index (χ4n) is 3.60. The van der Waals surface area contributed by atoms with Crippen molar-refractivity contribution in [1.29, 1.82) is 0 Å². The van der Waals surface area contributed by atoms with Crippen LogP contribution in [0.4, 0.5) is 0 Å². The third kappa shape index (κ3) is 6.83. The first-order valence-electron chi connectivity index (χ1n) is 9.95. The number of para-hydroxylation sites is 1. The van der Waals surface area contributed by atoms with Gasteiger partial charge < -0.3 is 15.0 Å². The van der Waals surface area contributed by atoms with Crippen molar-refractivity contribution in [3.8, 4) is 5.75 Å². The van der Waals surface area contributed by atoms with Crippen LogP contribution in [0.3, 0.4) is 0 Å². The van der Waals surface area contributed by atoms with Crippen molar-refractivity contribution in [3.05, 3.63) is 29.3 Å². The molecule has 1 N–H and O–H groups in total. The molecular weight excluding hydrogens is 408 g/mol. The highest BCUT2D eigenvalue weighted by molar-refractivity contribution is 7.91. The fourth-order valence-corrected chi connectivity index (χ4v) is 4.35. The number of rotatable bonds is 8. The topological polar surface area (TPSA) is 110 Å². The minimum atomic E-state index is -3.40. The predicted octanol–water partition coefficient (Wildman–Crippen LogP) is 1.04. The first-order valence-corrected chi connectivity index (χ1v) is 12.0. The van der Waals surface area contributed by atoms with E-state index in [1.807, 2.05) is 32.0 Å². The van der Waals surface area contributed by atoms with E-state index in [1.165, 1.54) is 4.90 Å². The van der Waals surface area contributed by atoms with Crippen molar-refractivity contribution in [2.24, 2.45) is 5.92 Å². The lowest BCUT2D eigenvalue weighted by atomic mass is 9.94. The number of sulfone groups is 1. The van der Waals surface area contributed by atoms with Gasteiger partial charge in [-0.05, 0) is 44.7 Å². The van der Waals surface area contributed by atoms with Gasteiger partial charge in [-0.2, -0.15) is 0 Å². The van der Waals surface area contributed by atoms with Crippen LogP contribution in [0.1, 0.15) is 30.9 Å². The molecule has 0 radical (unpaired) electrons. The largest absolute Gasteiger partial charge is 0.483 e. The number of aryl methyl sites for hydroxylation is 2. The van der Waals surface area contributed by atoms with Crippen LogP contribution in [0.25, 0.3) is 0 Å². The van der Waals surface area contributed by atoms with Gasteiger partial charge in [0, 0.05) is 25.3 Å². The summed E-state index contributed by atoms with van der Waals surface area (Å²) < 4.78 is 28.4. The van der Waals surface area contributed by atoms with Crippen LogP contribution in [0.15, 0.2) is 18.2 Å². The van der Waals surface area contributed by atoms with Crippen molar-refractivity contribution >= 4 is 27.4 Å². The van der Waals surface area contributed by atoms with E-state index < -0.39 is 33.5 Å². The molecule has 1 aromatic carbocycles. The molecule has 0 bridgehead atoms. The molecule has 1 heterocycles. The Morgan fingerprint density at radius 2 is 1.87 bits per heavy atom. The molecule has 166 valence electrons. The van der Waals surface area contributed by atoms with Crippen LogP contribution in [0.5, 0.6) is 5.75 Å². The normalized spacial score (nSPS) is 17.9. The summed E-state index contributed by atoms with van der Waals surface area (Å²) in [5.41, 5.74) is 1.84. The molecule has 0 spiro atoms. The Hall–Kier alpha value is -2.42. The molecular formula is C21H30N2O6S. The van der Waals surface area contributed by atoms with Crippen molar-refractivity contribution in [2.75, 3.05) is 31.7 Å². The van der Waals surface area contributed by atoms with Gasteiger partial charge in [0.2, 0.25) is 5.91 Å². The van der Waals surface area contributed by atoms with Crippen molar-refractivity contribution < 1.29 is 27.5 Å². The summed E-state index contributed by atoms with van der Waals surface area (Å²) >= 11 is 0. The zero-order valence-electron chi connectivity index (χ0n) is 17.9. The molecule has 2 amide bonds. The Morgan fingerprint density at radius 1 is 1.23 bits per heavy atom. The Morgan fingerprint density at radius 3 is 2.47 bits per heavy atom. The summed E-state index contributed by atoms with van der Waals surface area (Å²) in [5.74, 6) is -1.44. The Labute approximate surface area is 177 Å². The highest BCUT2D eigenvalue weighted by Gasteiger charge is 2.31. The van der Waals surface area contributed by atoms with Gasteiger partial charge in [0.1, 0.15) is 17.5 Å². The Balaban J connectivity index is 1.88. The number of carbonyl (C=O) groups is 3. The first kappa shape index (κ1) is 23.9. The van der Waals surface area contributed by atoms with E-state index in [1.54, 1.807) is 6.92 Å². The van der Waals surface area contributed by atoms with Crippen LogP contribution < -0.4 is 10.1 Å². The maximum atomic E-state index is 12.7. The molecule has 8 nitrogen and oxygen atoms in total. The van der Waals surface area contributed by atoms with Gasteiger partial charge in [0.05, 0.1) is 0 Å². The van der Waals surface area contributed by atoms with Gasteiger partial charge in [0.25, 0.3) is 5.91 Å². The number of nitrogens with zero attached hydrogens (tertiary/aromatic N) is 1. The molecule has 0 aromatic heterocycles. The highest BCUT2D eigenvalue weighted by atomic mass is 32.2. The highest BCUT2D eigenvalue weighted by Crippen LogP contribution is 2.22. The SMILES string of the molecule is Cc1cccc(C)c1OCC(=O)N[C@H](C)C(=O)N1CCCC(C(=O)CS(C)(=O)=O)C1. The number of ether oxygens (including phenoxy) is 1. The smallest absolute Gasteiger partial charge is 0.258 e. The summed E-state index contributed by atoms with van der Waals surface area (Å²) in [7, 11) is -3.40. The maximum absolute atomic E-state index is 12.7. The number of likely N-dealkylation sites (tertiary alicyclic amines) is 1. The average Bonchev–Trinajstić information content (AvgIpc) is 2.65. The third-order valence-corrected chi connectivity index (χ3v) is 5.91. The molecule has 1 aliphatic heterocycles. The number of hydrogen-bond donors (Lipinski definition) is 1. The second-order valence-electron chi connectivity index (χ2n) is 7.96. The molecule has 2 rings (SSSR count). The Kier molecular flexibility index (Phi) is 8.00. The van der Waals surface area contributed by atoms with Gasteiger partial charge in [-0.1, -0.05) is 18.2 Å². The molecule has 9 heteroatoms. The number of carbonyl (C=O) groups excluding carboxylic acids is 3. The maximum Gasteiger partial charge on any atom is 0.258 e. The van der Waals surface area contributed by atoms with Gasteiger partial charge in [0.15, 0.2) is 22.2 Å². The average molecular weight is 439 g/mol. The minimum Gasteiger partial charge on any atom is -0.483 e. The number of amides is 2. The number of Topliss-reactive ketones (excluding diaryl/α,β-unsaturated/α-hetero) is 1. The molecule has 1 unspecified atom stereocenters. The van der Waals surface area contributed by atoms with Gasteiger partial charge in [-0.3, -0.25) is 14.4 Å². The van der Waals surface area contributed by atoms with Gasteiger partial charge in [-0.25, -0.2) is 8.42 Å². The molecule has 1 fully saturated rings. The lowest BCUT2D eigenvalue weighted by Crippen LogP contribution is -2.51. The van der Waals surface area contributed by atoms with Crippen LogP contribution in [0, 0.1) is 19.8 Å². The second kappa shape index (κ2) is 10.1. The number of benzene rings is 1. The van der Waals surface area contributed by atoms with Crippen LogP contribution in [0.2, 0.25) is 0 Å². The zero-order valence-corrected chi connectivity index (χ0v) is 18.8. The molecule has 0 aliphatic carbocycles. The standard InChI is InChI=1S/C21H30N2O6S/c1-14-7-5-8-15(2)20(14)29-12-19(25)22-16(3)21(26)23-10-6-9-17(11-23)18(24)13-30(4,27)28/h5,7-8,16-17H,6,9-13H2,1-4H3,(H,22,25)/t16-,17?/m1/s1. The number of nitrogens with one attached hydrogen (secondary N) is 1. The predicted molar refractivity (Wildman–Crippen MR) is 113 cm³/mol. The van der Waals surface area contributed by atoms with Gasteiger partial charge in [-0.15, -0.1) is 0 Å². The number of ketones is 1. The fraction of sp³-hybridized carbons (Fsp3) is 0.571. The summed E-state index contributed by atoms with van der Waals surface area (Å²) in [6.07, 6.45) is 2.19. The van der Waals surface area contributed by atoms with Crippen LogP contribution in [-0.2, 0) is 24.2 Å². The molecule has 1 aromatic rings. The lowest BCUT2D eigenvalue weighted by molar-refractivity contribution is -0.139. The van der Waals surface area contributed by atoms with E-state index in [2.05, 4.69) is 5.32 Å². The summed E-state index contributed by atoms with van der Waals surface area (Å²) in [4.78, 5) is 38.7.